The first-order valence-corrected chi connectivity index (χ1v) is 7.74. The lowest BCUT2D eigenvalue weighted by molar-refractivity contribution is 0.157. The van der Waals surface area contributed by atoms with Gasteiger partial charge in [-0.15, -0.1) is 0 Å². The van der Waals surface area contributed by atoms with Crippen LogP contribution in [0.1, 0.15) is 39.4 Å². The number of aliphatic hydroxyl groups is 1. The fourth-order valence-electron chi connectivity index (χ4n) is 2.53. The normalized spacial score (nSPS) is 13.2. The van der Waals surface area contributed by atoms with Gasteiger partial charge in [-0.3, -0.25) is 4.90 Å². The van der Waals surface area contributed by atoms with Crippen LogP contribution in [0.3, 0.4) is 0 Å². The van der Waals surface area contributed by atoms with E-state index in [1.54, 1.807) is 7.11 Å². The molecule has 1 rings (SSSR count). The summed E-state index contributed by atoms with van der Waals surface area (Å²) in [5, 5.41) is 13.5. The summed E-state index contributed by atoms with van der Waals surface area (Å²) in [5.74, 6) is 0.775. The van der Waals surface area contributed by atoms with Crippen molar-refractivity contribution in [1.29, 1.82) is 0 Å². The number of aliphatic hydroxyl groups excluding tert-OH is 1. The van der Waals surface area contributed by atoms with Crippen LogP contribution < -0.4 is 10.1 Å². The molecule has 0 fully saturated rings. The van der Waals surface area contributed by atoms with Gasteiger partial charge >= 0.3 is 0 Å². The average molecular weight is 294 g/mol. The second-order valence-electron chi connectivity index (χ2n) is 5.92. The van der Waals surface area contributed by atoms with Crippen molar-refractivity contribution in [1.82, 2.24) is 10.2 Å². The van der Waals surface area contributed by atoms with E-state index in [-0.39, 0.29) is 0 Å². The largest absolute Gasteiger partial charge is 0.497 e. The van der Waals surface area contributed by atoms with Gasteiger partial charge in [0.1, 0.15) is 5.75 Å². The van der Waals surface area contributed by atoms with Crippen LogP contribution in [-0.2, 0) is 0 Å². The lowest BCUT2D eigenvalue weighted by atomic mass is 10.1. The Labute approximate surface area is 129 Å². The number of hydrogen-bond donors (Lipinski definition) is 2. The molecule has 0 spiro atoms. The van der Waals surface area contributed by atoms with Gasteiger partial charge in [-0.25, -0.2) is 0 Å². The Hall–Kier alpha value is -1.10. The van der Waals surface area contributed by atoms with Crippen molar-refractivity contribution in [2.45, 2.75) is 45.9 Å². The Morgan fingerprint density at radius 2 is 1.86 bits per heavy atom. The number of methoxy groups -OCH3 is 1. The minimum Gasteiger partial charge on any atom is -0.497 e. The number of ether oxygens (including phenoxy) is 1. The molecule has 0 saturated carbocycles. The molecule has 0 aliphatic rings. The highest BCUT2D eigenvalue weighted by atomic mass is 16.5. The molecule has 21 heavy (non-hydrogen) atoms. The monoisotopic (exact) mass is 294 g/mol. The zero-order chi connectivity index (χ0) is 15.8. The Morgan fingerprint density at radius 1 is 1.19 bits per heavy atom. The second-order valence-corrected chi connectivity index (χ2v) is 5.92. The molecule has 1 aromatic rings. The molecule has 0 aliphatic heterocycles. The van der Waals surface area contributed by atoms with E-state index in [1.165, 1.54) is 0 Å². The Balaban J connectivity index is 2.37. The number of nitrogens with one attached hydrogen (secondary N) is 1. The van der Waals surface area contributed by atoms with E-state index < -0.39 is 6.10 Å². The molecule has 2 N–H and O–H groups in total. The van der Waals surface area contributed by atoms with Gasteiger partial charge in [0.05, 0.1) is 13.2 Å². The first-order chi connectivity index (χ1) is 9.95. The van der Waals surface area contributed by atoms with Crippen molar-refractivity contribution in [3.05, 3.63) is 29.8 Å². The maximum atomic E-state index is 10.2. The maximum Gasteiger partial charge on any atom is 0.119 e. The number of nitrogens with zero attached hydrogens (tertiary/aromatic N) is 1. The highest BCUT2D eigenvalue weighted by Gasteiger charge is 2.13. The maximum absolute atomic E-state index is 10.2. The third-order valence-corrected chi connectivity index (χ3v) is 3.69. The highest BCUT2D eigenvalue weighted by molar-refractivity contribution is 5.29. The van der Waals surface area contributed by atoms with Crippen LogP contribution in [-0.4, -0.2) is 48.8 Å². The molecular weight excluding hydrogens is 264 g/mol. The summed E-state index contributed by atoms with van der Waals surface area (Å²) in [7, 11) is 1.64. The van der Waals surface area contributed by atoms with Crippen molar-refractivity contribution in [3.8, 4) is 5.75 Å². The molecular formula is C17H30N2O2. The summed E-state index contributed by atoms with van der Waals surface area (Å²) in [4.78, 5) is 2.44. The fraction of sp³-hybridized carbons (Fsp3) is 0.647. The summed E-state index contributed by atoms with van der Waals surface area (Å²) in [6, 6.07) is 8.65. The Kier molecular flexibility index (Phi) is 7.72. The van der Waals surface area contributed by atoms with Crippen LogP contribution in [0, 0.1) is 0 Å². The lowest BCUT2D eigenvalue weighted by Crippen LogP contribution is -2.42. The zero-order valence-electron chi connectivity index (χ0n) is 14.0. The second kappa shape index (κ2) is 9.03. The minimum atomic E-state index is -0.508. The molecule has 0 aromatic heterocycles. The van der Waals surface area contributed by atoms with Gasteiger partial charge in [-0.2, -0.15) is 0 Å². The molecule has 120 valence electrons. The molecule has 1 atom stereocenters. The zero-order valence-corrected chi connectivity index (χ0v) is 14.0. The molecule has 0 saturated heterocycles. The van der Waals surface area contributed by atoms with Gasteiger partial charge in [0.2, 0.25) is 0 Å². The first kappa shape index (κ1) is 18.0. The molecule has 0 heterocycles. The summed E-state index contributed by atoms with van der Waals surface area (Å²) in [5.41, 5.74) is 0.881. The molecule has 0 bridgehead atoms. The SMILES string of the molecule is COc1cccc(C(O)CNCCN(C(C)C)C(C)C)c1. The summed E-state index contributed by atoms with van der Waals surface area (Å²) in [6.07, 6.45) is -0.508. The van der Waals surface area contributed by atoms with E-state index >= 15 is 0 Å². The van der Waals surface area contributed by atoms with Crippen LogP contribution in [0.25, 0.3) is 0 Å². The van der Waals surface area contributed by atoms with Gasteiger partial charge in [-0.1, -0.05) is 12.1 Å². The smallest absolute Gasteiger partial charge is 0.119 e. The average Bonchev–Trinajstić information content (AvgIpc) is 2.46. The van der Waals surface area contributed by atoms with E-state index in [1.807, 2.05) is 24.3 Å². The highest BCUT2D eigenvalue weighted by Crippen LogP contribution is 2.18. The lowest BCUT2D eigenvalue weighted by Gasteiger charge is -2.30. The number of rotatable bonds is 9. The van der Waals surface area contributed by atoms with E-state index in [9.17, 15) is 5.11 Å². The van der Waals surface area contributed by atoms with Crippen LogP contribution in [0.5, 0.6) is 5.75 Å². The molecule has 0 amide bonds. The van der Waals surface area contributed by atoms with Crippen molar-refractivity contribution >= 4 is 0 Å². The van der Waals surface area contributed by atoms with Crippen LogP contribution >= 0.6 is 0 Å². The molecule has 4 heteroatoms. The first-order valence-electron chi connectivity index (χ1n) is 7.74. The van der Waals surface area contributed by atoms with Gasteiger partial charge in [0.25, 0.3) is 0 Å². The van der Waals surface area contributed by atoms with Crippen LogP contribution in [0.2, 0.25) is 0 Å². The molecule has 0 radical (unpaired) electrons. The third-order valence-electron chi connectivity index (χ3n) is 3.69. The quantitative estimate of drug-likeness (QED) is 0.687. The molecule has 1 aromatic carbocycles. The van der Waals surface area contributed by atoms with Crippen molar-refractivity contribution in [3.63, 3.8) is 0 Å². The van der Waals surface area contributed by atoms with E-state index in [0.29, 0.717) is 18.6 Å². The minimum absolute atomic E-state index is 0.508. The predicted octanol–water partition coefficient (Wildman–Crippen LogP) is 2.44. The Morgan fingerprint density at radius 3 is 2.43 bits per heavy atom. The molecule has 1 unspecified atom stereocenters. The van der Waals surface area contributed by atoms with Gasteiger partial charge in [0, 0.05) is 31.7 Å². The van der Waals surface area contributed by atoms with Gasteiger partial charge in [-0.05, 0) is 45.4 Å². The van der Waals surface area contributed by atoms with Crippen molar-refractivity contribution in [2.75, 3.05) is 26.7 Å². The van der Waals surface area contributed by atoms with E-state index in [2.05, 4.69) is 37.9 Å². The third kappa shape index (κ3) is 6.04. The molecule has 4 nitrogen and oxygen atoms in total. The fourth-order valence-corrected chi connectivity index (χ4v) is 2.53. The summed E-state index contributed by atoms with van der Waals surface area (Å²) >= 11 is 0. The topological polar surface area (TPSA) is 44.7 Å². The predicted molar refractivity (Wildman–Crippen MR) is 87.8 cm³/mol. The molecule has 0 aliphatic carbocycles. The van der Waals surface area contributed by atoms with Crippen molar-refractivity contribution < 1.29 is 9.84 Å². The van der Waals surface area contributed by atoms with Crippen molar-refractivity contribution in [2.24, 2.45) is 0 Å². The number of hydrogen-bond acceptors (Lipinski definition) is 4. The van der Waals surface area contributed by atoms with E-state index in [4.69, 9.17) is 4.74 Å². The van der Waals surface area contributed by atoms with Crippen LogP contribution in [0.4, 0.5) is 0 Å². The standard InChI is InChI=1S/C17H30N2O2/c1-13(2)19(14(3)4)10-9-18-12-17(20)15-7-6-8-16(11-15)21-5/h6-8,11,13-14,17-18,20H,9-10,12H2,1-5H3. The summed E-state index contributed by atoms with van der Waals surface area (Å²) in [6.45, 7) is 11.3. The van der Waals surface area contributed by atoms with Gasteiger partial charge in [0.15, 0.2) is 0 Å². The van der Waals surface area contributed by atoms with Crippen LogP contribution in [0.15, 0.2) is 24.3 Å². The van der Waals surface area contributed by atoms with E-state index in [0.717, 1.165) is 24.4 Å². The number of benzene rings is 1. The van der Waals surface area contributed by atoms with Gasteiger partial charge < -0.3 is 15.2 Å². The Bertz CT molecular complexity index is 400. The summed E-state index contributed by atoms with van der Waals surface area (Å²) < 4.78 is 5.18.